The number of nitrogens with zero attached hydrogens (tertiary/aromatic N) is 1. The van der Waals surface area contributed by atoms with Crippen LogP contribution >= 0.6 is 11.6 Å². The minimum absolute atomic E-state index is 0.00106. The van der Waals surface area contributed by atoms with Crippen molar-refractivity contribution < 1.29 is 17.9 Å². The summed E-state index contributed by atoms with van der Waals surface area (Å²) in [6.45, 7) is -0.223. The highest BCUT2D eigenvalue weighted by Crippen LogP contribution is 2.34. The van der Waals surface area contributed by atoms with Gasteiger partial charge in [-0.2, -0.15) is 0 Å². The average molecular weight is 242 g/mol. The van der Waals surface area contributed by atoms with Crippen LogP contribution in [0.25, 0.3) is 0 Å². The van der Waals surface area contributed by atoms with Crippen LogP contribution in [0.5, 0.6) is 5.75 Å². The fraction of sp³-hybridized carbons (Fsp3) is 0.286. The van der Waals surface area contributed by atoms with Gasteiger partial charge in [0.25, 0.3) is 0 Å². The highest BCUT2D eigenvalue weighted by Gasteiger charge is 2.33. The zero-order chi connectivity index (χ0) is 11.6. The molecule has 0 atom stereocenters. The van der Waals surface area contributed by atoms with Crippen LogP contribution in [-0.4, -0.2) is 11.3 Å². The van der Waals surface area contributed by atoms with E-state index >= 15 is 0 Å². The highest BCUT2D eigenvalue weighted by molar-refractivity contribution is 6.31. The van der Waals surface area contributed by atoms with Crippen molar-refractivity contribution in [3.8, 4) is 5.75 Å². The smallest absolute Gasteiger partial charge is 0.402 e. The van der Waals surface area contributed by atoms with Gasteiger partial charge >= 0.3 is 6.36 Å². The molecule has 0 aliphatic heterocycles. The molecule has 0 saturated carbocycles. The number of rotatable bonds is 2. The van der Waals surface area contributed by atoms with Gasteiger partial charge < -0.3 is 16.2 Å². The van der Waals surface area contributed by atoms with Crippen molar-refractivity contribution >= 4 is 17.3 Å². The molecule has 1 aromatic heterocycles. The van der Waals surface area contributed by atoms with E-state index in [4.69, 9.17) is 23.1 Å². The van der Waals surface area contributed by atoms with Gasteiger partial charge in [0.2, 0.25) is 0 Å². The summed E-state index contributed by atoms with van der Waals surface area (Å²) in [5, 5.41) is -0.429. The number of alkyl halides is 3. The largest absolute Gasteiger partial charge is 0.573 e. The number of pyridine rings is 1. The van der Waals surface area contributed by atoms with Crippen molar-refractivity contribution in [3.05, 3.63) is 16.9 Å². The Hall–Kier alpha value is -1.21. The summed E-state index contributed by atoms with van der Waals surface area (Å²) in [7, 11) is 0. The summed E-state index contributed by atoms with van der Waals surface area (Å²) < 4.78 is 39.6. The number of anilines is 1. The molecule has 0 aromatic carbocycles. The fourth-order valence-corrected chi connectivity index (χ4v) is 1.15. The van der Waals surface area contributed by atoms with E-state index < -0.39 is 17.3 Å². The second kappa shape index (κ2) is 4.11. The molecule has 0 radical (unpaired) electrons. The summed E-state index contributed by atoms with van der Waals surface area (Å²) in [5.74, 6) is -0.647. The number of nitrogen functional groups attached to an aromatic ring is 1. The molecule has 1 rings (SSSR count). The molecule has 0 unspecified atom stereocenters. The molecular weight excluding hydrogens is 235 g/mol. The van der Waals surface area contributed by atoms with E-state index in [0.717, 1.165) is 6.20 Å². The SMILES string of the molecule is NCc1c(N)cnc(Cl)c1OC(F)(F)F. The molecule has 4 nitrogen and oxygen atoms in total. The third-order valence-corrected chi connectivity index (χ3v) is 1.82. The predicted molar refractivity (Wildman–Crippen MR) is 48.2 cm³/mol. The third kappa shape index (κ3) is 2.87. The third-order valence-electron chi connectivity index (χ3n) is 1.55. The van der Waals surface area contributed by atoms with Crippen molar-refractivity contribution in [2.75, 3.05) is 5.73 Å². The van der Waals surface area contributed by atoms with E-state index in [-0.39, 0.29) is 17.8 Å². The standard InChI is InChI=1S/C7H7ClF3N3O/c8-6-5(15-7(9,10)11)3(1-12)4(13)2-14-6/h2H,1,12-13H2. The van der Waals surface area contributed by atoms with Crippen LogP contribution in [-0.2, 0) is 6.54 Å². The number of hydrogen-bond donors (Lipinski definition) is 2. The van der Waals surface area contributed by atoms with Gasteiger partial charge in [0.1, 0.15) is 0 Å². The van der Waals surface area contributed by atoms with Gasteiger partial charge in [-0.1, -0.05) is 11.6 Å². The molecule has 15 heavy (non-hydrogen) atoms. The van der Waals surface area contributed by atoms with Crippen LogP contribution in [0.15, 0.2) is 6.20 Å². The fourth-order valence-electron chi connectivity index (χ4n) is 0.948. The maximum atomic E-state index is 12.0. The topological polar surface area (TPSA) is 74.2 Å². The monoisotopic (exact) mass is 241 g/mol. The first-order chi connectivity index (χ1) is 6.85. The van der Waals surface area contributed by atoms with Gasteiger partial charge in [-0.05, 0) is 0 Å². The van der Waals surface area contributed by atoms with Gasteiger partial charge in [-0.25, -0.2) is 4.98 Å². The first-order valence-electron chi connectivity index (χ1n) is 3.74. The molecule has 0 bridgehead atoms. The Bertz CT molecular complexity index is 369. The maximum absolute atomic E-state index is 12.0. The minimum Gasteiger partial charge on any atom is -0.402 e. The number of aromatic nitrogens is 1. The van der Waals surface area contributed by atoms with E-state index in [2.05, 4.69) is 9.72 Å². The van der Waals surface area contributed by atoms with Crippen LogP contribution in [0, 0.1) is 0 Å². The predicted octanol–water partition coefficient (Wildman–Crippen LogP) is 1.67. The van der Waals surface area contributed by atoms with Crippen LogP contribution in [0.4, 0.5) is 18.9 Å². The maximum Gasteiger partial charge on any atom is 0.573 e. The zero-order valence-corrected chi connectivity index (χ0v) is 8.06. The molecular formula is C7H7ClF3N3O. The van der Waals surface area contributed by atoms with Crippen molar-refractivity contribution in [3.63, 3.8) is 0 Å². The van der Waals surface area contributed by atoms with Gasteiger partial charge in [-0.3, -0.25) is 0 Å². The summed E-state index contributed by atoms with van der Waals surface area (Å²) in [6, 6.07) is 0. The van der Waals surface area contributed by atoms with E-state index in [0.29, 0.717) is 0 Å². The lowest BCUT2D eigenvalue weighted by Gasteiger charge is -2.14. The quantitative estimate of drug-likeness (QED) is 0.773. The van der Waals surface area contributed by atoms with Crippen molar-refractivity contribution in [2.24, 2.45) is 5.73 Å². The Kier molecular flexibility index (Phi) is 3.25. The van der Waals surface area contributed by atoms with Crippen LogP contribution in [0.3, 0.4) is 0 Å². The van der Waals surface area contributed by atoms with Crippen LogP contribution < -0.4 is 16.2 Å². The van der Waals surface area contributed by atoms with Crippen molar-refractivity contribution in [1.29, 1.82) is 0 Å². The Morgan fingerprint density at radius 1 is 1.47 bits per heavy atom. The lowest BCUT2D eigenvalue weighted by atomic mass is 10.2. The Balaban J connectivity index is 3.20. The second-order valence-electron chi connectivity index (χ2n) is 2.56. The number of ether oxygens (including phenoxy) is 1. The van der Waals surface area contributed by atoms with Gasteiger partial charge in [0, 0.05) is 12.1 Å². The summed E-state index contributed by atoms with van der Waals surface area (Å²) in [4.78, 5) is 3.43. The molecule has 0 fully saturated rings. The zero-order valence-electron chi connectivity index (χ0n) is 7.31. The van der Waals surface area contributed by atoms with E-state index in [1.807, 2.05) is 0 Å². The van der Waals surface area contributed by atoms with Crippen LogP contribution in [0.1, 0.15) is 5.56 Å². The summed E-state index contributed by atoms with van der Waals surface area (Å²) in [6.07, 6.45) is -3.74. The average Bonchev–Trinajstić information content (AvgIpc) is 2.10. The van der Waals surface area contributed by atoms with Crippen LogP contribution in [0.2, 0.25) is 5.15 Å². The normalized spacial score (nSPS) is 11.5. The van der Waals surface area contributed by atoms with Crippen molar-refractivity contribution in [1.82, 2.24) is 4.98 Å². The number of hydrogen-bond acceptors (Lipinski definition) is 4. The number of halogens is 4. The lowest BCUT2D eigenvalue weighted by Crippen LogP contribution is -2.20. The molecule has 0 spiro atoms. The Labute approximate surface area is 88.0 Å². The Morgan fingerprint density at radius 3 is 2.53 bits per heavy atom. The molecule has 0 aliphatic carbocycles. The van der Waals surface area contributed by atoms with E-state index in [9.17, 15) is 13.2 Å². The van der Waals surface area contributed by atoms with Gasteiger partial charge in [-0.15, -0.1) is 13.2 Å². The van der Waals surface area contributed by atoms with Gasteiger partial charge in [0.15, 0.2) is 10.9 Å². The molecule has 0 aliphatic rings. The summed E-state index contributed by atoms with van der Waals surface area (Å²) >= 11 is 5.44. The molecule has 8 heteroatoms. The highest BCUT2D eigenvalue weighted by atomic mass is 35.5. The molecule has 1 aromatic rings. The summed E-state index contributed by atoms with van der Waals surface area (Å²) in [5.41, 5.74) is 10.6. The van der Waals surface area contributed by atoms with Crippen molar-refractivity contribution in [2.45, 2.75) is 12.9 Å². The molecule has 4 N–H and O–H groups in total. The number of nitrogens with two attached hydrogens (primary N) is 2. The Morgan fingerprint density at radius 2 is 2.07 bits per heavy atom. The molecule has 0 amide bonds. The van der Waals surface area contributed by atoms with E-state index in [1.54, 1.807) is 0 Å². The first-order valence-corrected chi connectivity index (χ1v) is 4.11. The van der Waals surface area contributed by atoms with Gasteiger partial charge in [0.05, 0.1) is 11.9 Å². The lowest BCUT2D eigenvalue weighted by molar-refractivity contribution is -0.274. The minimum atomic E-state index is -4.86. The van der Waals surface area contributed by atoms with E-state index in [1.165, 1.54) is 0 Å². The first kappa shape index (κ1) is 11.9. The molecule has 84 valence electrons. The molecule has 0 saturated heterocycles. The molecule has 1 heterocycles. The second-order valence-corrected chi connectivity index (χ2v) is 2.92.